The number of esters is 1. The van der Waals surface area contributed by atoms with Gasteiger partial charge in [0.1, 0.15) is 17.8 Å². The average Bonchev–Trinajstić information content (AvgIpc) is 2.83. The topological polar surface area (TPSA) is 63.6 Å². The van der Waals surface area contributed by atoms with E-state index in [1.807, 2.05) is 26.0 Å². The van der Waals surface area contributed by atoms with E-state index in [2.05, 4.69) is 0 Å². The molecule has 1 unspecified atom stereocenters. The third-order valence-electron chi connectivity index (χ3n) is 3.87. The number of carbonyl (C=O) groups is 2. The van der Waals surface area contributed by atoms with Crippen molar-refractivity contribution in [2.45, 2.75) is 51.7 Å². The molecule has 1 aliphatic heterocycles. The molecule has 1 fully saturated rings. The molecule has 4 nitrogen and oxygen atoms in total. The molecule has 1 saturated heterocycles. The summed E-state index contributed by atoms with van der Waals surface area (Å²) in [4.78, 5) is 25.4. The van der Waals surface area contributed by atoms with Crippen molar-refractivity contribution < 1.29 is 19.4 Å². The maximum absolute atomic E-state index is 11.7. The molecule has 1 atom stereocenters. The van der Waals surface area contributed by atoms with Crippen LogP contribution in [0.25, 0.3) is 0 Å². The number of aryl methyl sites for hydroxylation is 1. The first-order valence-electron chi connectivity index (χ1n) is 6.87. The Hall–Kier alpha value is -1.20. The summed E-state index contributed by atoms with van der Waals surface area (Å²) in [5, 5.41) is 9.07. The first-order valence-corrected chi connectivity index (χ1v) is 7.69. The number of cyclic esters (lactones) is 1. The second-order valence-electron chi connectivity index (χ2n) is 5.61. The first kappa shape index (κ1) is 15.2. The normalized spacial score (nSPS) is 23.2. The highest BCUT2D eigenvalue weighted by Gasteiger charge is 2.43. The Kier molecular flexibility index (Phi) is 4.60. The summed E-state index contributed by atoms with van der Waals surface area (Å²) in [5.74, 6) is -0.331. The van der Waals surface area contributed by atoms with E-state index in [0.29, 0.717) is 12.8 Å². The van der Waals surface area contributed by atoms with Crippen molar-refractivity contribution in [3.63, 3.8) is 0 Å². The Bertz CT molecular complexity index is 488. The van der Waals surface area contributed by atoms with E-state index < -0.39 is 11.6 Å². The van der Waals surface area contributed by atoms with Crippen molar-refractivity contribution in [1.82, 2.24) is 0 Å². The molecule has 0 saturated carbocycles. The molecule has 0 spiro atoms. The smallest absolute Gasteiger partial charge is 0.313 e. The lowest BCUT2D eigenvalue weighted by Gasteiger charge is -2.39. The molecular weight excluding hydrogens is 276 g/mol. The largest absolute Gasteiger partial charge is 0.458 e. The van der Waals surface area contributed by atoms with Gasteiger partial charge >= 0.3 is 5.97 Å². The number of thiophene rings is 1. The number of rotatable bonds is 5. The molecule has 0 amide bonds. The highest BCUT2D eigenvalue weighted by atomic mass is 32.1. The SMILES string of the molecule is CC(C)C1(CCc2ccc(CO)s2)CC(=O)CC(=O)O1. The van der Waals surface area contributed by atoms with Gasteiger partial charge in [0.15, 0.2) is 0 Å². The van der Waals surface area contributed by atoms with E-state index in [1.165, 1.54) is 0 Å². The highest BCUT2D eigenvalue weighted by molar-refractivity contribution is 7.11. The zero-order valence-corrected chi connectivity index (χ0v) is 12.7. The van der Waals surface area contributed by atoms with Crippen LogP contribution in [0.2, 0.25) is 0 Å². The summed E-state index contributed by atoms with van der Waals surface area (Å²) in [6, 6.07) is 3.89. The summed E-state index contributed by atoms with van der Waals surface area (Å²) < 4.78 is 5.56. The minimum Gasteiger partial charge on any atom is -0.458 e. The van der Waals surface area contributed by atoms with Gasteiger partial charge < -0.3 is 9.84 Å². The van der Waals surface area contributed by atoms with E-state index >= 15 is 0 Å². The van der Waals surface area contributed by atoms with Crippen LogP contribution >= 0.6 is 11.3 Å². The second kappa shape index (κ2) is 6.06. The van der Waals surface area contributed by atoms with E-state index in [1.54, 1.807) is 11.3 Å². The summed E-state index contributed by atoms with van der Waals surface area (Å²) in [6.07, 6.45) is 1.62. The van der Waals surface area contributed by atoms with Gasteiger partial charge in [-0.15, -0.1) is 11.3 Å². The lowest BCUT2D eigenvalue weighted by molar-refractivity contribution is -0.177. The highest BCUT2D eigenvalue weighted by Crippen LogP contribution is 2.36. The Morgan fingerprint density at radius 1 is 1.35 bits per heavy atom. The van der Waals surface area contributed by atoms with Crippen LogP contribution in [-0.4, -0.2) is 22.5 Å². The van der Waals surface area contributed by atoms with E-state index in [0.717, 1.165) is 16.2 Å². The zero-order chi connectivity index (χ0) is 14.8. The Labute approximate surface area is 122 Å². The van der Waals surface area contributed by atoms with E-state index in [-0.39, 0.29) is 24.7 Å². The van der Waals surface area contributed by atoms with E-state index in [4.69, 9.17) is 9.84 Å². The van der Waals surface area contributed by atoms with Gasteiger partial charge in [-0.25, -0.2) is 0 Å². The number of aliphatic hydroxyl groups excluding tert-OH is 1. The van der Waals surface area contributed by atoms with Crippen molar-refractivity contribution in [2.24, 2.45) is 5.92 Å². The number of ether oxygens (including phenoxy) is 1. The van der Waals surface area contributed by atoms with Crippen LogP contribution in [0.1, 0.15) is 42.9 Å². The molecule has 110 valence electrons. The fourth-order valence-electron chi connectivity index (χ4n) is 2.58. The number of carbonyl (C=O) groups excluding carboxylic acids is 2. The molecule has 1 aliphatic rings. The third-order valence-corrected chi connectivity index (χ3v) is 5.00. The maximum atomic E-state index is 11.7. The molecule has 5 heteroatoms. The fraction of sp³-hybridized carbons (Fsp3) is 0.600. The predicted octanol–water partition coefficient (Wildman–Crippen LogP) is 2.47. The van der Waals surface area contributed by atoms with Crippen molar-refractivity contribution in [1.29, 1.82) is 0 Å². The van der Waals surface area contributed by atoms with Crippen LogP contribution in [0.15, 0.2) is 12.1 Å². The van der Waals surface area contributed by atoms with Gasteiger partial charge in [-0.1, -0.05) is 13.8 Å². The second-order valence-corrected chi connectivity index (χ2v) is 6.86. The summed E-state index contributed by atoms with van der Waals surface area (Å²) in [7, 11) is 0. The van der Waals surface area contributed by atoms with Crippen LogP contribution < -0.4 is 0 Å². The van der Waals surface area contributed by atoms with Crippen LogP contribution in [0.4, 0.5) is 0 Å². The van der Waals surface area contributed by atoms with Crippen molar-refractivity contribution in [3.8, 4) is 0 Å². The van der Waals surface area contributed by atoms with Gasteiger partial charge in [-0.2, -0.15) is 0 Å². The minimum absolute atomic E-state index is 0.0304. The molecule has 1 aromatic heterocycles. The summed E-state index contributed by atoms with van der Waals surface area (Å²) in [5.41, 5.74) is -0.671. The van der Waals surface area contributed by atoms with Crippen LogP contribution in [-0.2, 0) is 27.4 Å². The molecular formula is C15H20O4S. The number of ketones is 1. The lowest BCUT2D eigenvalue weighted by atomic mass is 9.79. The third kappa shape index (κ3) is 3.27. The van der Waals surface area contributed by atoms with Gasteiger partial charge in [0.25, 0.3) is 0 Å². The standard InChI is InChI=1S/C15H20O4S/c1-10(2)15(8-11(17)7-14(18)19-15)6-5-12-3-4-13(9-16)20-12/h3-4,10,16H,5-9H2,1-2H3. The predicted molar refractivity (Wildman–Crippen MR) is 76.5 cm³/mol. The number of aliphatic hydroxyl groups is 1. The molecule has 1 aromatic rings. The first-order chi connectivity index (χ1) is 9.45. The number of Topliss-reactive ketones (excluding diaryl/α,β-unsaturated/α-hetero) is 1. The zero-order valence-electron chi connectivity index (χ0n) is 11.8. The minimum atomic E-state index is -0.671. The Morgan fingerprint density at radius 2 is 2.05 bits per heavy atom. The molecule has 1 N–H and O–H groups in total. The van der Waals surface area contributed by atoms with Gasteiger partial charge in [0.05, 0.1) is 6.61 Å². The average molecular weight is 296 g/mol. The maximum Gasteiger partial charge on any atom is 0.313 e. The summed E-state index contributed by atoms with van der Waals surface area (Å²) >= 11 is 1.56. The lowest BCUT2D eigenvalue weighted by Crippen LogP contribution is -2.47. The Balaban J connectivity index is 2.09. The molecule has 0 bridgehead atoms. The van der Waals surface area contributed by atoms with Gasteiger partial charge in [-0.05, 0) is 30.9 Å². The molecule has 2 rings (SSSR count). The fourth-order valence-corrected chi connectivity index (χ4v) is 3.46. The quantitative estimate of drug-likeness (QED) is 0.669. The van der Waals surface area contributed by atoms with Crippen molar-refractivity contribution >= 4 is 23.1 Å². The monoisotopic (exact) mass is 296 g/mol. The van der Waals surface area contributed by atoms with Crippen LogP contribution in [0, 0.1) is 5.92 Å². The molecule has 0 aromatic carbocycles. The van der Waals surface area contributed by atoms with Gasteiger partial charge in [-0.3, -0.25) is 9.59 Å². The van der Waals surface area contributed by atoms with E-state index in [9.17, 15) is 9.59 Å². The number of hydrogen-bond acceptors (Lipinski definition) is 5. The molecule has 20 heavy (non-hydrogen) atoms. The Morgan fingerprint density at radius 3 is 2.60 bits per heavy atom. The summed E-state index contributed by atoms with van der Waals surface area (Å²) in [6.45, 7) is 4.02. The van der Waals surface area contributed by atoms with Crippen molar-refractivity contribution in [3.05, 3.63) is 21.9 Å². The van der Waals surface area contributed by atoms with Crippen LogP contribution in [0.5, 0.6) is 0 Å². The van der Waals surface area contributed by atoms with Gasteiger partial charge in [0, 0.05) is 16.2 Å². The van der Waals surface area contributed by atoms with Crippen molar-refractivity contribution in [2.75, 3.05) is 0 Å². The molecule has 2 heterocycles. The molecule has 0 aliphatic carbocycles. The molecule has 0 radical (unpaired) electrons. The van der Waals surface area contributed by atoms with Gasteiger partial charge in [0.2, 0.25) is 0 Å². The van der Waals surface area contributed by atoms with Crippen LogP contribution in [0.3, 0.4) is 0 Å². The number of hydrogen-bond donors (Lipinski definition) is 1.